The van der Waals surface area contributed by atoms with Gasteiger partial charge in [-0.2, -0.15) is 14.6 Å². The lowest BCUT2D eigenvalue weighted by molar-refractivity contribution is 0.158. The van der Waals surface area contributed by atoms with E-state index in [1.807, 2.05) is 22.8 Å². The number of nitrogens with zero attached hydrogens (tertiary/aromatic N) is 3. The van der Waals surface area contributed by atoms with Crippen LogP contribution in [0, 0.1) is 0 Å². The van der Waals surface area contributed by atoms with Crippen molar-refractivity contribution in [2.45, 2.75) is 0 Å². The summed E-state index contributed by atoms with van der Waals surface area (Å²) in [6, 6.07) is 0. The van der Waals surface area contributed by atoms with E-state index >= 15 is 0 Å². The predicted octanol–water partition coefficient (Wildman–Crippen LogP) is 0.782. The minimum atomic E-state index is 0.830. The molecule has 0 amide bonds. The standard InChI is InChI=1S/C5H9N3S2/c1-7-3-2-6-8(7)10-5-4-9/h2,4H,3,5H2,1H3. The van der Waals surface area contributed by atoms with E-state index in [1.54, 1.807) is 17.3 Å². The highest BCUT2D eigenvalue weighted by Gasteiger charge is 2.11. The summed E-state index contributed by atoms with van der Waals surface area (Å²) in [6.07, 6.45) is 1.87. The summed E-state index contributed by atoms with van der Waals surface area (Å²) in [5, 5.41) is 7.80. The molecule has 56 valence electrons. The van der Waals surface area contributed by atoms with Crippen molar-refractivity contribution in [3.05, 3.63) is 0 Å². The van der Waals surface area contributed by atoms with Crippen LogP contribution in [0.1, 0.15) is 0 Å². The van der Waals surface area contributed by atoms with Gasteiger partial charge in [0.2, 0.25) is 0 Å². The quantitative estimate of drug-likeness (QED) is 0.466. The van der Waals surface area contributed by atoms with Gasteiger partial charge in [-0.3, -0.25) is 0 Å². The fourth-order valence-electron chi connectivity index (χ4n) is 0.612. The molecule has 0 atom stereocenters. The molecule has 1 heterocycles. The van der Waals surface area contributed by atoms with Gasteiger partial charge in [-0.25, -0.2) is 0 Å². The Hall–Kier alpha value is -0.130. The summed E-state index contributed by atoms with van der Waals surface area (Å²) in [7, 11) is 1.99. The van der Waals surface area contributed by atoms with Crippen molar-refractivity contribution in [1.82, 2.24) is 9.53 Å². The molecule has 0 fully saturated rings. The molecule has 0 aliphatic carbocycles. The lowest BCUT2D eigenvalue weighted by atomic mass is 10.7. The van der Waals surface area contributed by atoms with E-state index < -0.39 is 0 Å². The van der Waals surface area contributed by atoms with Crippen molar-refractivity contribution < 1.29 is 0 Å². The first-order valence-corrected chi connectivity index (χ1v) is 4.36. The maximum Gasteiger partial charge on any atom is 0.0576 e. The Balaban J connectivity index is 2.26. The molecule has 10 heavy (non-hydrogen) atoms. The van der Waals surface area contributed by atoms with Crippen LogP contribution in [0.4, 0.5) is 0 Å². The Kier molecular flexibility index (Phi) is 3.11. The van der Waals surface area contributed by atoms with Gasteiger partial charge in [0.05, 0.1) is 6.54 Å². The summed E-state index contributed by atoms with van der Waals surface area (Å²) in [6.45, 7) is 0.893. The third-order valence-corrected chi connectivity index (χ3v) is 2.37. The van der Waals surface area contributed by atoms with E-state index in [1.165, 1.54) is 0 Å². The van der Waals surface area contributed by atoms with E-state index in [4.69, 9.17) is 0 Å². The van der Waals surface area contributed by atoms with E-state index in [0.717, 1.165) is 12.3 Å². The largest absolute Gasteiger partial charge is 0.192 e. The first kappa shape index (κ1) is 7.97. The van der Waals surface area contributed by atoms with Gasteiger partial charge in [0.1, 0.15) is 0 Å². The normalized spacial score (nSPS) is 18.3. The number of hydrogen-bond donors (Lipinski definition) is 0. The molecule has 1 aliphatic heterocycles. The summed E-state index contributed by atoms with van der Waals surface area (Å²) in [4.78, 5) is 0. The van der Waals surface area contributed by atoms with Crippen LogP contribution in [0.3, 0.4) is 0 Å². The van der Waals surface area contributed by atoms with Crippen LogP contribution < -0.4 is 0 Å². The van der Waals surface area contributed by atoms with Crippen LogP contribution >= 0.6 is 24.2 Å². The van der Waals surface area contributed by atoms with Crippen LogP contribution in [0.2, 0.25) is 0 Å². The lowest BCUT2D eigenvalue weighted by Gasteiger charge is -2.19. The highest BCUT2D eigenvalue weighted by Crippen LogP contribution is 2.14. The first-order chi connectivity index (χ1) is 4.84. The molecule has 5 heteroatoms. The topological polar surface area (TPSA) is 18.8 Å². The fourth-order valence-corrected chi connectivity index (χ4v) is 1.39. The Labute approximate surface area is 70.2 Å². The Morgan fingerprint density at radius 2 is 2.70 bits per heavy atom. The van der Waals surface area contributed by atoms with E-state index in [2.05, 4.69) is 17.3 Å². The summed E-state index contributed by atoms with van der Waals surface area (Å²) >= 11 is 6.28. The van der Waals surface area contributed by atoms with Crippen molar-refractivity contribution in [1.29, 1.82) is 0 Å². The molecule has 0 saturated carbocycles. The number of thiocarbonyl (C=S) groups is 1. The zero-order valence-corrected chi connectivity index (χ0v) is 7.36. The van der Waals surface area contributed by atoms with Gasteiger partial charge in [-0.15, -0.1) is 0 Å². The van der Waals surface area contributed by atoms with Gasteiger partial charge in [-0.1, -0.05) is 12.2 Å². The molecule has 0 spiro atoms. The van der Waals surface area contributed by atoms with Crippen LogP contribution in [0.25, 0.3) is 0 Å². The minimum Gasteiger partial charge on any atom is -0.192 e. The molecule has 0 N–H and O–H groups in total. The number of hydrazone groups is 1. The van der Waals surface area contributed by atoms with Crippen molar-refractivity contribution >= 4 is 35.7 Å². The Morgan fingerprint density at radius 1 is 1.90 bits per heavy atom. The minimum absolute atomic E-state index is 0.830. The molecule has 1 rings (SSSR count). The average Bonchev–Trinajstić information content (AvgIpc) is 2.31. The van der Waals surface area contributed by atoms with Crippen LogP contribution in [0.15, 0.2) is 5.10 Å². The van der Waals surface area contributed by atoms with Gasteiger partial charge >= 0.3 is 0 Å². The van der Waals surface area contributed by atoms with Crippen molar-refractivity contribution in [3.8, 4) is 0 Å². The van der Waals surface area contributed by atoms with E-state index in [-0.39, 0.29) is 0 Å². The second kappa shape index (κ2) is 3.90. The summed E-state index contributed by atoms with van der Waals surface area (Å²) in [5.41, 5.74) is 0. The van der Waals surface area contributed by atoms with Gasteiger partial charge in [0, 0.05) is 19.0 Å². The fraction of sp³-hybridized carbons (Fsp3) is 0.600. The third-order valence-electron chi connectivity index (χ3n) is 1.08. The van der Waals surface area contributed by atoms with Crippen molar-refractivity contribution in [2.75, 3.05) is 19.3 Å². The molecule has 0 aromatic rings. The Bertz CT molecular complexity index is 148. The van der Waals surface area contributed by atoms with Crippen molar-refractivity contribution in [2.24, 2.45) is 5.10 Å². The molecular weight excluding hydrogens is 166 g/mol. The van der Waals surface area contributed by atoms with E-state index in [9.17, 15) is 0 Å². The van der Waals surface area contributed by atoms with Crippen LogP contribution in [0.5, 0.6) is 0 Å². The smallest absolute Gasteiger partial charge is 0.0576 e. The molecule has 0 bridgehead atoms. The maximum atomic E-state index is 4.68. The molecule has 0 saturated heterocycles. The molecule has 3 nitrogen and oxygen atoms in total. The third kappa shape index (κ3) is 1.93. The monoisotopic (exact) mass is 175 g/mol. The molecule has 0 radical (unpaired) electrons. The molecule has 0 aromatic carbocycles. The summed E-state index contributed by atoms with van der Waals surface area (Å²) in [5.74, 6) is 0.830. The lowest BCUT2D eigenvalue weighted by Crippen LogP contribution is -2.26. The molecule has 0 aromatic heterocycles. The molecule has 0 unspecified atom stereocenters. The first-order valence-electron chi connectivity index (χ1n) is 2.95. The number of rotatable bonds is 3. The SMILES string of the molecule is CN1CC=NN1SCC=S. The zero-order chi connectivity index (χ0) is 7.40. The molecule has 1 aliphatic rings. The second-order valence-electron chi connectivity index (χ2n) is 1.85. The summed E-state index contributed by atoms with van der Waals surface area (Å²) < 4.78 is 1.84. The van der Waals surface area contributed by atoms with Crippen molar-refractivity contribution in [3.63, 3.8) is 0 Å². The highest BCUT2D eigenvalue weighted by molar-refractivity contribution is 7.98. The second-order valence-corrected chi connectivity index (χ2v) is 3.10. The van der Waals surface area contributed by atoms with Gasteiger partial charge < -0.3 is 0 Å². The number of hydrogen-bond acceptors (Lipinski definition) is 5. The van der Waals surface area contributed by atoms with Gasteiger partial charge in [0.25, 0.3) is 0 Å². The maximum absolute atomic E-state index is 4.68. The van der Waals surface area contributed by atoms with Crippen LogP contribution in [-0.2, 0) is 0 Å². The van der Waals surface area contributed by atoms with E-state index in [0.29, 0.717) is 0 Å². The highest BCUT2D eigenvalue weighted by atomic mass is 32.2. The zero-order valence-electron chi connectivity index (χ0n) is 5.73. The van der Waals surface area contributed by atoms with Gasteiger partial charge in [-0.05, 0) is 17.3 Å². The molecular formula is C5H9N3S2. The predicted molar refractivity (Wildman–Crippen MR) is 49.1 cm³/mol. The van der Waals surface area contributed by atoms with Crippen LogP contribution in [-0.4, -0.2) is 40.5 Å². The van der Waals surface area contributed by atoms with Gasteiger partial charge in [0.15, 0.2) is 0 Å². The number of hydrazine groups is 1. The average molecular weight is 175 g/mol. The Morgan fingerprint density at radius 3 is 3.20 bits per heavy atom.